The van der Waals surface area contributed by atoms with Crippen LogP contribution in [-0.4, -0.2) is 33.9 Å². The molecule has 0 saturated carbocycles. The maximum Gasteiger partial charge on any atom is 0.408 e. The summed E-state index contributed by atoms with van der Waals surface area (Å²) in [5.41, 5.74) is -0.535. The molecule has 0 heterocycles. The van der Waals surface area contributed by atoms with Crippen LogP contribution in [0.25, 0.3) is 21.5 Å². The summed E-state index contributed by atoms with van der Waals surface area (Å²) in [7, 11) is 0. The first kappa shape index (κ1) is 22.3. The summed E-state index contributed by atoms with van der Waals surface area (Å²) in [4.78, 5) is 24.1. The van der Waals surface area contributed by atoms with E-state index in [-0.39, 0.29) is 27.6 Å². The van der Waals surface area contributed by atoms with Crippen molar-refractivity contribution in [1.29, 1.82) is 0 Å². The normalized spacial score (nSPS) is 12.9. The predicted molar refractivity (Wildman–Crippen MR) is 118 cm³/mol. The van der Waals surface area contributed by atoms with Crippen molar-refractivity contribution in [2.24, 2.45) is 10.2 Å². The highest BCUT2D eigenvalue weighted by molar-refractivity contribution is 6.37. The smallest absolute Gasteiger partial charge is 0.408 e. The van der Waals surface area contributed by atoms with E-state index in [0.717, 1.165) is 0 Å². The van der Waals surface area contributed by atoms with Crippen LogP contribution in [-0.2, 0) is 9.53 Å². The number of aromatic hydroxyl groups is 2. The Hall–Kier alpha value is -3.39. The van der Waals surface area contributed by atoms with Crippen LogP contribution < -0.4 is 5.32 Å². The SMILES string of the molecule is C[C@H](NC(=O)OC(C)(C)C)C(=O)N=Nc1cccc2c(O)c3c(Cl)cccc3c(O)c12. The number of amides is 2. The minimum atomic E-state index is -0.977. The number of halogens is 1. The van der Waals surface area contributed by atoms with E-state index in [1.165, 1.54) is 6.92 Å². The first-order valence-electron chi connectivity index (χ1n) is 9.49. The number of alkyl carbamates (subject to hydrolysis) is 1. The number of carbonyl (C=O) groups excluding carboxylic acids is 2. The molecule has 31 heavy (non-hydrogen) atoms. The Balaban J connectivity index is 1.95. The summed E-state index contributed by atoms with van der Waals surface area (Å²) in [6.45, 7) is 6.57. The second-order valence-corrected chi connectivity index (χ2v) is 8.37. The first-order valence-corrected chi connectivity index (χ1v) is 9.87. The zero-order chi connectivity index (χ0) is 22.9. The van der Waals surface area contributed by atoms with Gasteiger partial charge in [0.05, 0.1) is 16.1 Å². The molecule has 3 N–H and O–H groups in total. The van der Waals surface area contributed by atoms with E-state index in [4.69, 9.17) is 16.3 Å². The van der Waals surface area contributed by atoms with E-state index in [0.29, 0.717) is 16.2 Å². The molecule has 0 aliphatic carbocycles. The molecule has 3 rings (SSSR count). The molecule has 3 aromatic rings. The molecule has 8 nitrogen and oxygen atoms in total. The standard InChI is InChI=1S/C22H22ClN3O5/c1-11(24-21(30)31-22(2,3)4)20(29)26-25-15-10-6-8-13-17(15)19(28)12-7-5-9-14(23)16(12)18(13)27/h5-11,27-28H,1-4H3,(H,24,30)/t11-/m0/s1. The van der Waals surface area contributed by atoms with Gasteiger partial charge in [-0.3, -0.25) is 4.79 Å². The quantitative estimate of drug-likeness (QED) is 0.277. The lowest BCUT2D eigenvalue weighted by atomic mass is 9.99. The van der Waals surface area contributed by atoms with Gasteiger partial charge in [-0.15, -0.1) is 10.2 Å². The lowest BCUT2D eigenvalue weighted by molar-refractivity contribution is -0.119. The molecule has 0 bridgehead atoms. The van der Waals surface area contributed by atoms with Crippen molar-refractivity contribution >= 4 is 50.8 Å². The number of phenols is 2. The van der Waals surface area contributed by atoms with Gasteiger partial charge in [0, 0.05) is 16.2 Å². The second kappa shape index (κ2) is 8.39. The summed E-state index contributed by atoms with van der Waals surface area (Å²) >= 11 is 6.19. The zero-order valence-corrected chi connectivity index (χ0v) is 18.2. The van der Waals surface area contributed by atoms with Crippen molar-refractivity contribution in [3.05, 3.63) is 41.4 Å². The van der Waals surface area contributed by atoms with Crippen molar-refractivity contribution in [3.63, 3.8) is 0 Å². The van der Waals surface area contributed by atoms with Crippen LogP contribution in [0, 0.1) is 0 Å². The third-order valence-corrected chi connectivity index (χ3v) is 4.71. The third-order valence-electron chi connectivity index (χ3n) is 4.40. The van der Waals surface area contributed by atoms with Crippen molar-refractivity contribution < 1.29 is 24.5 Å². The van der Waals surface area contributed by atoms with Gasteiger partial charge in [-0.1, -0.05) is 35.9 Å². The highest BCUT2D eigenvalue weighted by Crippen LogP contribution is 2.47. The van der Waals surface area contributed by atoms with E-state index in [9.17, 15) is 19.8 Å². The van der Waals surface area contributed by atoms with Gasteiger partial charge in [-0.05, 0) is 39.8 Å². The van der Waals surface area contributed by atoms with Crippen molar-refractivity contribution in [1.82, 2.24) is 5.32 Å². The van der Waals surface area contributed by atoms with Gasteiger partial charge in [0.1, 0.15) is 23.1 Å². The molecule has 9 heteroatoms. The topological polar surface area (TPSA) is 121 Å². The molecule has 0 unspecified atom stereocenters. The highest BCUT2D eigenvalue weighted by Gasteiger charge is 2.21. The number of fused-ring (bicyclic) bond motifs is 2. The number of azo groups is 1. The minimum Gasteiger partial charge on any atom is -0.507 e. The molecule has 2 amide bonds. The minimum absolute atomic E-state index is 0.114. The molecule has 0 fully saturated rings. The van der Waals surface area contributed by atoms with Crippen LogP contribution in [0.15, 0.2) is 46.6 Å². The second-order valence-electron chi connectivity index (χ2n) is 7.97. The molecule has 0 aliphatic heterocycles. The Kier molecular flexibility index (Phi) is 6.03. The Morgan fingerprint density at radius 3 is 2.26 bits per heavy atom. The monoisotopic (exact) mass is 443 g/mol. The number of carbonyl (C=O) groups is 2. The van der Waals surface area contributed by atoms with Crippen molar-refractivity contribution in [2.75, 3.05) is 0 Å². The summed E-state index contributed by atoms with van der Waals surface area (Å²) in [5, 5.41) is 33.0. The van der Waals surface area contributed by atoms with Crippen molar-refractivity contribution in [2.45, 2.75) is 39.3 Å². The van der Waals surface area contributed by atoms with Gasteiger partial charge in [-0.25, -0.2) is 4.79 Å². The fraction of sp³-hybridized carbons (Fsp3) is 0.273. The Morgan fingerprint density at radius 2 is 1.61 bits per heavy atom. The Bertz CT molecular complexity index is 1220. The average Bonchev–Trinajstić information content (AvgIpc) is 2.68. The highest BCUT2D eigenvalue weighted by atomic mass is 35.5. The van der Waals surface area contributed by atoms with Crippen LogP contribution in [0.2, 0.25) is 5.02 Å². The number of hydrogen-bond donors (Lipinski definition) is 3. The number of hydrogen-bond acceptors (Lipinski definition) is 6. The summed E-state index contributed by atoms with van der Waals surface area (Å²) in [6.07, 6.45) is -0.750. The molecule has 162 valence electrons. The number of rotatable bonds is 3. The van der Waals surface area contributed by atoms with E-state index in [1.807, 2.05) is 0 Å². The molecule has 0 aliphatic rings. The number of nitrogens with one attached hydrogen (secondary N) is 1. The van der Waals surface area contributed by atoms with Gasteiger partial charge >= 0.3 is 6.09 Å². The van der Waals surface area contributed by atoms with Gasteiger partial charge in [0.15, 0.2) is 0 Å². The molecule has 0 saturated heterocycles. The number of benzene rings is 3. The maximum absolute atomic E-state index is 12.3. The lowest BCUT2D eigenvalue weighted by Crippen LogP contribution is -2.41. The van der Waals surface area contributed by atoms with Crippen LogP contribution in [0.5, 0.6) is 11.5 Å². The maximum atomic E-state index is 12.3. The fourth-order valence-electron chi connectivity index (χ4n) is 3.04. The van der Waals surface area contributed by atoms with Gasteiger partial charge in [0.25, 0.3) is 5.91 Å². The van der Waals surface area contributed by atoms with Crippen LogP contribution in [0.3, 0.4) is 0 Å². The van der Waals surface area contributed by atoms with Crippen LogP contribution >= 0.6 is 11.6 Å². The van der Waals surface area contributed by atoms with E-state index >= 15 is 0 Å². The molecular formula is C22H22ClN3O5. The largest absolute Gasteiger partial charge is 0.507 e. The number of ether oxygens (including phenoxy) is 1. The van der Waals surface area contributed by atoms with Gasteiger partial charge in [0.2, 0.25) is 0 Å². The molecule has 0 radical (unpaired) electrons. The number of phenolic OH excluding ortho intramolecular Hbond substituents is 2. The van der Waals surface area contributed by atoms with Crippen molar-refractivity contribution in [3.8, 4) is 11.5 Å². The van der Waals surface area contributed by atoms with Gasteiger partial charge in [-0.2, -0.15) is 0 Å². The summed E-state index contributed by atoms with van der Waals surface area (Å²) in [5.74, 6) is -0.973. The lowest BCUT2D eigenvalue weighted by Gasteiger charge is -2.20. The predicted octanol–water partition coefficient (Wildman–Crippen LogP) is 5.58. The van der Waals surface area contributed by atoms with Gasteiger partial charge < -0.3 is 20.3 Å². The summed E-state index contributed by atoms with van der Waals surface area (Å²) in [6, 6.07) is 8.63. The molecule has 0 spiro atoms. The Labute approximate surface area is 183 Å². The third kappa shape index (κ3) is 4.69. The number of nitrogens with zero attached hydrogens (tertiary/aromatic N) is 2. The zero-order valence-electron chi connectivity index (χ0n) is 17.4. The van der Waals surface area contributed by atoms with Crippen LogP contribution in [0.4, 0.5) is 10.5 Å². The van der Waals surface area contributed by atoms with E-state index in [2.05, 4.69) is 15.5 Å². The molecular weight excluding hydrogens is 422 g/mol. The Morgan fingerprint density at radius 1 is 1.03 bits per heavy atom. The summed E-state index contributed by atoms with van der Waals surface area (Å²) < 4.78 is 5.11. The van der Waals surface area contributed by atoms with E-state index in [1.54, 1.807) is 57.2 Å². The van der Waals surface area contributed by atoms with E-state index < -0.39 is 23.6 Å². The fourth-order valence-corrected chi connectivity index (χ4v) is 3.30. The molecule has 3 aromatic carbocycles. The molecule has 0 aromatic heterocycles. The molecule has 1 atom stereocenters. The first-order chi connectivity index (χ1) is 14.5. The van der Waals surface area contributed by atoms with Crippen LogP contribution in [0.1, 0.15) is 27.7 Å². The average molecular weight is 444 g/mol.